The van der Waals surface area contributed by atoms with Crippen LogP contribution in [0.2, 0.25) is 0 Å². The third-order valence-corrected chi connectivity index (χ3v) is 5.53. The first-order valence-corrected chi connectivity index (χ1v) is 10.1. The summed E-state index contributed by atoms with van der Waals surface area (Å²) in [7, 11) is 0. The summed E-state index contributed by atoms with van der Waals surface area (Å²) in [6.45, 7) is 5.39. The van der Waals surface area contributed by atoms with Gasteiger partial charge in [-0.2, -0.15) is 0 Å². The van der Waals surface area contributed by atoms with Gasteiger partial charge in [0.2, 0.25) is 0 Å². The zero-order valence-corrected chi connectivity index (χ0v) is 17.1. The molecule has 0 radical (unpaired) electrons. The lowest BCUT2D eigenvalue weighted by Gasteiger charge is -2.18. The minimum absolute atomic E-state index is 0.00565. The summed E-state index contributed by atoms with van der Waals surface area (Å²) in [6.07, 6.45) is 0.756. The Bertz CT molecular complexity index is 891. The second-order valence-electron chi connectivity index (χ2n) is 6.40. The molecule has 2 aromatic rings. The number of carbonyl (C=O) groups is 2. The van der Waals surface area contributed by atoms with Crippen LogP contribution in [0.5, 0.6) is 0 Å². The number of thioether (sulfide) groups is 1. The molecular formula is C21H22F3NO3S. The highest BCUT2D eigenvalue weighted by atomic mass is 32.2. The van der Waals surface area contributed by atoms with E-state index in [1.807, 2.05) is 6.92 Å². The molecule has 0 heterocycles. The molecule has 8 heteroatoms. The first-order chi connectivity index (χ1) is 13.7. The fraction of sp³-hybridized carbons (Fsp3) is 0.333. The van der Waals surface area contributed by atoms with Crippen molar-refractivity contribution >= 4 is 29.3 Å². The first kappa shape index (κ1) is 22.8. The van der Waals surface area contributed by atoms with Gasteiger partial charge in [-0.05, 0) is 44.0 Å². The van der Waals surface area contributed by atoms with Crippen LogP contribution in [-0.4, -0.2) is 23.2 Å². The van der Waals surface area contributed by atoms with Crippen LogP contribution in [0.4, 0.5) is 18.9 Å². The summed E-state index contributed by atoms with van der Waals surface area (Å²) in [5.74, 6) is -3.67. The third kappa shape index (κ3) is 6.25. The lowest BCUT2D eigenvalue weighted by atomic mass is 10.2. The standard InChI is InChI=1S/C21H22F3NO3S/c1-4-12(3)28-21(27)18(5-2)29-19-11-17(15(23)10-16(19)24)25-20(26)13-7-6-8-14(22)9-13/h6-12,18H,4-5H2,1-3H3,(H,25,26). The molecule has 4 nitrogen and oxygen atoms in total. The first-order valence-electron chi connectivity index (χ1n) is 9.18. The van der Waals surface area contributed by atoms with Gasteiger partial charge in [-0.25, -0.2) is 13.2 Å². The average molecular weight is 425 g/mol. The van der Waals surface area contributed by atoms with E-state index in [9.17, 15) is 22.8 Å². The molecule has 2 unspecified atom stereocenters. The van der Waals surface area contributed by atoms with Crippen LogP contribution >= 0.6 is 11.8 Å². The Kier molecular flexibility index (Phi) is 8.13. The predicted octanol–water partition coefficient (Wildman–Crippen LogP) is 5.57. The number of halogens is 3. The summed E-state index contributed by atoms with van der Waals surface area (Å²) < 4.78 is 47.0. The van der Waals surface area contributed by atoms with Gasteiger partial charge in [0, 0.05) is 16.5 Å². The Morgan fingerprint density at radius 1 is 1.07 bits per heavy atom. The van der Waals surface area contributed by atoms with E-state index in [-0.39, 0.29) is 22.3 Å². The third-order valence-electron chi connectivity index (χ3n) is 4.15. The van der Waals surface area contributed by atoms with Crippen molar-refractivity contribution < 1.29 is 27.5 Å². The van der Waals surface area contributed by atoms with Crippen molar-refractivity contribution in [3.63, 3.8) is 0 Å². The van der Waals surface area contributed by atoms with Gasteiger partial charge in [-0.3, -0.25) is 9.59 Å². The molecule has 0 bridgehead atoms. The number of anilines is 1. The molecule has 0 aromatic heterocycles. The minimum atomic E-state index is -0.980. The summed E-state index contributed by atoms with van der Waals surface area (Å²) in [4.78, 5) is 24.5. The maximum Gasteiger partial charge on any atom is 0.319 e. The molecule has 2 atom stereocenters. The monoisotopic (exact) mass is 425 g/mol. The van der Waals surface area contributed by atoms with E-state index in [2.05, 4.69) is 5.32 Å². The van der Waals surface area contributed by atoms with E-state index in [0.29, 0.717) is 18.9 Å². The summed E-state index contributed by atoms with van der Waals surface area (Å²) in [5.41, 5.74) is -0.278. The molecule has 29 heavy (non-hydrogen) atoms. The highest BCUT2D eigenvalue weighted by Gasteiger charge is 2.24. The van der Waals surface area contributed by atoms with Gasteiger partial charge in [0.25, 0.3) is 5.91 Å². The molecule has 0 saturated carbocycles. The van der Waals surface area contributed by atoms with E-state index in [1.54, 1.807) is 13.8 Å². The Labute approximate surface area is 171 Å². The highest BCUT2D eigenvalue weighted by Crippen LogP contribution is 2.32. The molecule has 0 fully saturated rings. The van der Waals surface area contributed by atoms with Crippen LogP contribution in [0, 0.1) is 17.5 Å². The molecule has 0 aliphatic carbocycles. The molecule has 0 aliphatic heterocycles. The van der Waals surface area contributed by atoms with E-state index >= 15 is 0 Å². The number of nitrogens with one attached hydrogen (secondary N) is 1. The number of esters is 1. The largest absolute Gasteiger partial charge is 0.462 e. The fourth-order valence-corrected chi connectivity index (χ4v) is 3.33. The number of amides is 1. The van der Waals surface area contributed by atoms with Crippen molar-refractivity contribution in [1.29, 1.82) is 0 Å². The van der Waals surface area contributed by atoms with Crippen molar-refractivity contribution in [2.75, 3.05) is 5.32 Å². The van der Waals surface area contributed by atoms with Crippen molar-refractivity contribution in [2.24, 2.45) is 0 Å². The lowest BCUT2D eigenvalue weighted by Crippen LogP contribution is -2.24. The summed E-state index contributed by atoms with van der Waals surface area (Å²) in [6, 6.07) is 6.65. The number of hydrogen-bond donors (Lipinski definition) is 1. The van der Waals surface area contributed by atoms with Gasteiger partial charge in [-0.1, -0.05) is 19.9 Å². The van der Waals surface area contributed by atoms with Crippen LogP contribution in [0.15, 0.2) is 41.3 Å². The zero-order chi connectivity index (χ0) is 21.6. The topological polar surface area (TPSA) is 55.4 Å². The van der Waals surface area contributed by atoms with Gasteiger partial charge < -0.3 is 10.1 Å². The second-order valence-corrected chi connectivity index (χ2v) is 7.64. The Morgan fingerprint density at radius 3 is 2.41 bits per heavy atom. The molecular weight excluding hydrogens is 403 g/mol. The van der Waals surface area contributed by atoms with Gasteiger partial charge in [0.05, 0.1) is 11.8 Å². The van der Waals surface area contributed by atoms with Crippen LogP contribution < -0.4 is 5.32 Å². The number of ether oxygens (including phenoxy) is 1. The second kappa shape index (κ2) is 10.3. The van der Waals surface area contributed by atoms with Gasteiger partial charge in [-0.15, -0.1) is 11.8 Å². The van der Waals surface area contributed by atoms with Gasteiger partial charge >= 0.3 is 5.97 Å². The smallest absolute Gasteiger partial charge is 0.319 e. The normalized spacial score (nSPS) is 12.9. The van der Waals surface area contributed by atoms with Crippen LogP contribution in [0.3, 0.4) is 0 Å². The number of benzene rings is 2. The average Bonchev–Trinajstić information content (AvgIpc) is 2.68. The highest BCUT2D eigenvalue weighted by molar-refractivity contribution is 8.00. The number of hydrogen-bond acceptors (Lipinski definition) is 4. The molecule has 0 saturated heterocycles. The van der Waals surface area contributed by atoms with E-state index in [1.165, 1.54) is 18.2 Å². The Balaban J connectivity index is 2.21. The van der Waals surface area contributed by atoms with E-state index in [0.717, 1.165) is 23.9 Å². The van der Waals surface area contributed by atoms with Gasteiger partial charge in [0.15, 0.2) is 0 Å². The maximum atomic E-state index is 14.3. The van der Waals surface area contributed by atoms with Crippen molar-refractivity contribution in [1.82, 2.24) is 0 Å². The quantitative estimate of drug-likeness (QED) is 0.444. The van der Waals surface area contributed by atoms with Crippen molar-refractivity contribution in [3.8, 4) is 0 Å². The van der Waals surface area contributed by atoms with Crippen LogP contribution in [0.25, 0.3) is 0 Å². The molecule has 156 valence electrons. The molecule has 1 N–H and O–H groups in total. The van der Waals surface area contributed by atoms with Crippen LogP contribution in [0.1, 0.15) is 44.0 Å². The molecule has 1 amide bonds. The predicted molar refractivity (Wildman–Crippen MR) is 106 cm³/mol. The lowest BCUT2D eigenvalue weighted by molar-refractivity contribution is -0.147. The molecule has 2 aromatic carbocycles. The minimum Gasteiger partial charge on any atom is -0.462 e. The molecule has 0 spiro atoms. The Hall–Kier alpha value is -2.48. The maximum absolute atomic E-state index is 14.3. The molecule has 2 rings (SSSR count). The van der Waals surface area contributed by atoms with E-state index < -0.39 is 34.6 Å². The zero-order valence-electron chi connectivity index (χ0n) is 16.3. The number of rotatable bonds is 8. The summed E-state index contributed by atoms with van der Waals surface area (Å²) in [5, 5.41) is 1.62. The summed E-state index contributed by atoms with van der Waals surface area (Å²) >= 11 is 0.897. The van der Waals surface area contributed by atoms with Crippen LogP contribution in [-0.2, 0) is 9.53 Å². The Morgan fingerprint density at radius 2 is 1.79 bits per heavy atom. The van der Waals surface area contributed by atoms with Crippen molar-refractivity contribution in [3.05, 3.63) is 59.4 Å². The number of carbonyl (C=O) groups excluding carboxylic acids is 2. The molecule has 0 aliphatic rings. The van der Waals surface area contributed by atoms with E-state index in [4.69, 9.17) is 4.74 Å². The van der Waals surface area contributed by atoms with Gasteiger partial charge in [0.1, 0.15) is 22.7 Å². The SMILES string of the molecule is CCC(C)OC(=O)C(CC)Sc1cc(NC(=O)c2cccc(F)c2)c(F)cc1F. The van der Waals surface area contributed by atoms with Crippen molar-refractivity contribution in [2.45, 2.75) is 49.9 Å². The fourth-order valence-electron chi connectivity index (χ4n) is 2.35.